The summed E-state index contributed by atoms with van der Waals surface area (Å²) in [4.78, 5) is 4.27. The molecule has 0 fully saturated rings. The van der Waals surface area contributed by atoms with Gasteiger partial charge in [0, 0.05) is 5.56 Å². The van der Waals surface area contributed by atoms with Gasteiger partial charge in [-0.25, -0.2) is 0 Å². The van der Waals surface area contributed by atoms with Gasteiger partial charge in [0.25, 0.3) is 0 Å². The van der Waals surface area contributed by atoms with Gasteiger partial charge in [-0.1, -0.05) is 42.2 Å². The fraction of sp³-hybridized carbons (Fsp3) is 0.333. The van der Waals surface area contributed by atoms with Crippen LogP contribution >= 0.6 is 11.6 Å². The van der Waals surface area contributed by atoms with Crippen molar-refractivity contribution in [3.63, 3.8) is 0 Å². The van der Waals surface area contributed by atoms with Crippen molar-refractivity contribution in [1.82, 2.24) is 10.1 Å². The first-order chi connectivity index (χ1) is 8.22. The van der Waals surface area contributed by atoms with E-state index < -0.39 is 0 Å². The van der Waals surface area contributed by atoms with Crippen molar-refractivity contribution >= 4 is 11.6 Å². The van der Waals surface area contributed by atoms with Crippen LogP contribution in [0.5, 0.6) is 0 Å². The number of nitrogens with zero attached hydrogens (tertiary/aromatic N) is 2. The van der Waals surface area contributed by atoms with E-state index in [0.29, 0.717) is 16.7 Å². The molecule has 4 nitrogen and oxygen atoms in total. The van der Waals surface area contributed by atoms with E-state index in [1.807, 2.05) is 18.2 Å². The molecular formula is C12H14ClN3O. The molecule has 1 aromatic heterocycles. The van der Waals surface area contributed by atoms with Crippen molar-refractivity contribution in [3.8, 4) is 11.4 Å². The average molecular weight is 252 g/mol. The molecule has 5 heteroatoms. The standard InChI is InChI=1S/C12H14ClN3O/c1-2-5-10(14)12-15-11(16-17-12)8-6-3-4-7-9(8)13/h3-4,6-7,10H,2,5,14H2,1H3. The Bertz CT molecular complexity index is 498. The number of nitrogens with two attached hydrogens (primary N) is 1. The Morgan fingerprint density at radius 1 is 1.41 bits per heavy atom. The summed E-state index contributed by atoms with van der Waals surface area (Å²) < 4.78 is 5.14. The second kappa shape index (κ2) is 5.29. The van der Waals surface area contributed by atoms with Crippen molar-refractivity contribution in [1.29, 1.82) is 0 Å². The van der Waals surface area contributed by atoms with Crippen LogP contribution in [0.3, 0.4) is 0 Å². The van der Waals surface area contributed by atoms with Crippen LogP contribution in [-0.4, -0.2) is 10.1 Å². The lowest BCUT2D eigenvalue weighted by molar-refractivity contribution is 0.348. The van der Waals surface area contributed by atoms with Gasteiger partial charge in [0.05, 0.1) is 11.1 Å². The molecular weight excluding hydrogens is 238 g/mol. The fourth-order valence-electron chi connectivity index (χ4n) is 1.57. The lowest BCUT2D eigenvalue weighted by Crippen LogP contribution is -2.09. The van der Waals surface area contributed by atoms with Crippen molar-refractivity contribution < 1.29 is 4.52 Å². The molecule has 1 atom stereocenters. The van der Waals surface area contributed by atoms with Gasteiger partial charge in [0.1, 0.15) is 0 Å². The van der Waals surface area contributed by atoms with Crippen molar-refractivity contribution in [2.45, 2.75) is 25.8 Å². The molecule has 17 heavy (non-hydrogen) atoms. The van der Waals surface area contributed by atoms with Gasteiger partial charge in [-0.3, -0.25) is 0 Å². The van der Waals surface area contributed by atoms with Crippen LogP contribution in [-0.2, 0) is 0 Å². The highest BCUT2D eigenvalue weighted by atomic mass is 35.5. The Kier molecular flexibility index (Phi) is 3.76. The minimum absolute atomic E-state index is 0.205. The number of rotatable bonds is 4. The Labute approximate surface area is 105 Å². The van der Waals surface area contributed by atoms with Crippen LogP contribution in [0, 0.1) is 0 Å². The number of hydrogen-bond acceptors (Lipinski definition) is 4. The predicted octanol–water partition coefficient (Wildman–Crippen LogP) is 3.19. The molecule has 1 heterocycles. The summed E-state index contributed by atoms with van der Waals surface area (Å²) in [5, 5.41) is 4.50. The van der Waals surface area contributed by atoms with Gasteiger partial charge in [-0.05, 0) is 18.6 Å². The molecule has 2 aromatic rings. The first-order valence-electron chi connectivity index (χ1n) is 5.56. The second-order valence-electron chi connectivity index (χ2n) is 3.83. The predicted molar refractivity (Wildman–Crippen MR) is 66.6 cm³/mol. The summed E-state index contributed by atoms with van der Waals surface area (Å²) in [7, 11) is 0. The first kappa shape index (κ1) is 12.1. The molecule has 0 amide bonds. The van der Waals surface area contributed by atoms with E-state index in [4.69, 9.17) is 21.9 Å². The van der Waals surface area contributed by atoms with Crippen LogP contribution < -0.4 is 5.73 Å². The molecule has 0 bridgehead atoms. The molecule has 0 aliphatic rings. The zero-order valence-corrected chi connectivity index (χ0v) is 10.3. The normalized spacial score (nSPS) is 12.6. The molecule has 0 aliphatic heterocycles. The van der Waals surface area contributed by atoms with Crippen LogP contribution in [0.1, 0.15) is 31.7 Å². The lowest BCUT2D eigenvalue weighted by atomic mass is 10.2. The summed E-state index contributed by atoms with van der Waals surface area (Å²) in [5.41, 5.74) is 6.66. The number of aromatic nitrogens is 2. The summed E-state index contributed by atoms with van der Waals surface area (Å²) in [6, 6.07) is 7.17. The van der Waals surface area contributed by atoms with Gasteiger partial charge in [0.2, 0.25) is 11.7 Å². The quantitative estimate of drug-likeness (QED) is 0.906. The average Bonchev–Trinajstić information content (AvgIpc) is 2.79. The smallest absolute Gasteiger partial charge is 0.243 e. The van der Waals surface area contributed by atoms with Gasteiger partial charge < -0.3 is 10.3 Å². The summed E-state index contributed by atoms with van der Waals surface area (Å²) >= 11 is 6.06. The van der Waals surface area contributed by atoms with E-state index in [2.05, 4.69) is 17.1 Å². The Balaban J connectivity index is 2.27. The number of benzene rings is 1. The molecule has 1 unspecified atom stereocenters. The summed E-state index contributed by atoms with van der Waals surface area (Å²) in [5.74, 6) is 0.943. The van der Waals surface area contributed by atoms with Crippen molar-refractivity contribution in [3.05, 3.63) is 35.2 Å². The van der Waals surface area contributed by atoms with E-state index >= 15 is 0 Å². The van der Waals surface area contributed by atoms with Crippen molar-refractivity contribution in [2.24, 2.45) is 5.73 Å². The number of halogens is 1. The topological polar surface area (TPSA) is 64.9 Å². The fourth-order valence-corrected chi connectivity index (χ4v) is 1.79. The Morgan fingerprint density at radius 2 is 2.18 bits per heavy atom. The van der Waals surface area contributed by atoms with E-state index in [9.17, 15) is 0 Å². The highest BCUT2D eigenvalue weighted by Gasteiger charge is 2.15. The highest BCUT2D eigenvalue weighted by Crippen LogP contribution is 2.26. The Hall–Kier alpha value is -1.39. The third-order valence-corrected chi connectivity index (χ3v) is 2.80. The van der Waals surface area contributed by atoms with E-state index in [-0.39, 0.29) is 6.04 Å². The second-order valence-corrected chi connectivity index (χ2v) is 4.24. The zero-order valence-electron chi connectivity index (χ0n) is 9.56. The van der Waals surface area contributed by atoms with Crippen molar-refractivity contribution in [2.75, 3.05) is 0 Å². The van der Waals surface area contributed by atoms with E-state index in [0.717, 1.165) is 18.4 Å². The van der Waals surface area contributed by atoms with Crippen LogP contribution in [0.4, 0.5) is 0 Å². The third-order valence-electron chi connectivity index (χ3n) is 2.47. The van der Waals surface area contributed by atoms with Gasteiger partial charge >= 0.3 is 0 Å². The molecule has 0 spiro atoms. The van der Waals surface area contributed by atoms with Crippen LogP contribution in [0.25, 0.3) is 11.4 Å². The number of hydrogen-bond donors (Lipinski definition) is 1. The van der Waals surface area contributed by atoms with Crippen LogP contribution in [0.2, 0.25) is 5.02 Å². The first-order valence-corrected chi connectivity index (χ1v) is 5.94. The largest absolute Gasteiger partial charge is 0.337 e. The SMILES string of the molecule is CCCC(N)c1nc(-c2ccccc2Cl)no1. The van der Waals surface area contributed by atoms with Gasteiger partial charge in [-0.15, -0.1) is 0 Å². The minimum Gasteiger partial charge on any atom is -0.337 e. The summed E-state index contributed by atoms with van der Waals surface area (Å²) in [6.07, 6.45) is 1.80. The van der Waals surface area contributed by atoms with Gasteiger partial charge in [-0.2, -0.15) is 4.98 Å². The monoisotopic (exact) mass is 251 g/mol. The maximum Gasteiger partial charge on any atom is 0.243 e. The molecule has 0 saturated carbocycles. The lowest BCUT2D eigenvalue weighted by Gasteiger charge is -2.02. The van der Waals surface area contributed by atoms with E-state index in [1.54, 1.807) is 6.07 Å². The zero-order chi connectivity index (χ0) is 12.3. The Morgan fingerprint density at radius 3 is 2.88 bits per heavy atom. The maximum atomic E-state index is 6.06. The molecule has 0 saturated heterocycles. The minimum atomic E-state index is -0.205. The molecule has 90 valence electrons. The summed E-state index contributed by atoms with van der Waals surface area (Å²) in [6.45, 7) is 2.06. The molecule has 0 radical (unpaired) electrons. The van der Waals surface area contributed by atoms with E-state index in [1.165, 1.54) is 0 Å². The van der Waals surface area contributed by atoms with Gasteiger partial charge in [0.15, 0.2) is 0 Å². The third kappa shape index (κ3) is 2.65. The van der Waals surface area contributed by atoms with Crippen LogP contribution in [0.15, 0.2) is 28.8 Å². The maximum absolute atomic E-state index is 6.06. The highest BCUT2D eigenvalue weighted by molar-refractivity contribution is 6.33. The molecule has 0 aliphatic carbocycles. The molecule has 2 N–H and O–H groups in total. The molecule has 2 rings (SSSR count). The molecule has 1 aromatic carbocycles.